The Hall–Kier alpha value is -5.01. The Morgan fingerprint density at radius 1 is 0.940 bits per heavy atom. The molecule has 2 aromatic rings. The van der Waals surface area contributed by atoms with Crippen LogP contribution in [0.1, 0.15) is 91.3 Å². The van der Waals surface area contributed by atoms with E-state index in [-0.39, 0.29) is 31.4 Å². The molecule has 1 aromatic heterocycles. The number of nitrogens with one attached hydrogen (secondary N) is 3. The number of anilines is 1. The van der Waals surface area contributed by atoms with Crippen LogP contribution >= 0.6 is 0 Å². The van der Waals surface area contributed by atoms with Crippen molar-refractivity contribution in [2.75, 3.05) is 18.4 Å². The van der Waals surface area contributed by atoms with Crippen molar-refractivity contribution in [2.45, 2.75) is 105 Å². The van der Waals surface area contributed by atoms with Gasteiger partial charge in [0, 0.05) is 50.7 Å². The molecule has 2 aliphatic heterocycles. The Bertz CT molecular complexity index is 1600. The largest absolute Gasteiger partial charge is 0.458 e. The van der Waals surface area contributed by atoms with Gasteiger partial charge in [-0.15, -0.1) is 0 Å². The number of rotatable bonds is 10. The molecule has 3 N–H and O–H groups in total. The minimum Gasteiger partial charge on any atom is -0.458 e. The molecule has 270 valence electrons. The predicted octanol–water partition coefficient (Wildman–Crippen LogP) is 4.72. The summed E-state index contributed by atoms with van der Waals surface area (Å²) in [7, 11) is 0. The summed E-state index contributed by atoms with van der Waals surface area (Å²) >= 11 is 0. The zero-order valence-electron chi connectivity index (χ0n) is 30.2. The van der Waals surface area contributed by atoms with Gasteiger partial charge >= 0.3 is 18.1 Å². The van der Waals surface area contributed by atoms with E-state index in [1.165, 1.54) is 5.01 Å². The van der Waals surface area contributed by atoms with Gasteiger partial charge in [-0.25, -0.2) is 19.4 Å². The summed E-state index contributed by atoms with van der Waals surface area (Å²) in [6.45, 7) is 15.4. The van der Waals surface area contributed by atoms with E-state index in [4.69, 9.17) is 9.47 Å². The average Bonchev–Trinajstić information content (AvgIpc) is 3.44. The van der Waals surface area contributed by atoms with E-state index in [1.807, 2.05) is 44.2 Å². The smallest absolute Gasteiger partial charge is 0.408 e. The normalized spacial score (nSPS) is 16.2. The number of ether oxygens (including phenoxy) is 2. The summed E-state index contributed by atoms with van der Waals surface area (Å²) < 4.78 is 10.7. The number of amides is 5. The highest BCUT2D eigenvalue weighted by atomic mass is 16.6. The van der Waals surface area contributed by atoms with Gasteiger partial charge in [-0.2, -0.15) is 5.10 Å². The molecule has 14 heteroatoms. The predicted molar refractivity (Wildman–Crippen MR) is 187 cm³/mol. The second kappa shape index (κ2) is 15.3. The van der Waals surface area contributed by atoms with Crippen molar-refractivity contribution in [3.05, 3.63) is 59.4 Å². The van der Waals surface area contributed by atoms with Gasteiger partial charge in [0.05, 0.1) is 17.5 Å². The monoisotopic (exact) mass is 691 g/mol. The highest BCUT2D eigenvalue weighted by molar-refractivity contribution is 6.06. The third-order valence-corrected chi connectivity index (χ3v) is 7.79. The van der Waals surface area contributed by atoms with Crippen LogP contribution in [0.2, 0.25) is 0 Å². The van der Waals surface area contributed by atoms with Crippen molar-refractivity contribution < 1.29 is 33.4 Å². The molecule has 0 unspecified atom stereocenters. The highest BCUT2D eigenvalue weighted by Gasteiger charge is 2.38. The molecule has 1 atom stereocenters. The lowest BCUT2D eigenvalue weighted by molar-refractivity contribution is -0.158. The fourth-order valence-electron chi connectivity index (χ4n) is 5.42. The first-order valence-electron chi connectivity index (χ1n) is 16.8. The van der Waals surface area contributed by atoms with Crippen LogP contribution in [0.4, 0.5) is 15.3 Å². The Labute approximate surface area is 293 Å². The molecule has 2 aliphatic rings. The maximum Gasteiger partial charge on any atom is 0.408 e. The van der Waals surface area contributed by atoms with Crippen LogP contribution in [0.25, 0.3) is 0 Å². The number of alkyl carbamates (subject to hydrolysis) is 1. The van der Waals surface area contributed by atoms with Crippen LogP contribution in [-0.4, -0.2) is 80.8 Å². The minimum absolute atomic E-state index is 0.134. The third-order valence-electron chi connectivity index (χ3n) is 7.79. The first-order valence-corrected chi connectivity index (χ1v) is 16.8. The Morgan fingerprint density at radius 3 is 2.24 bits per heavy atom. The Balaban J connectivity index is 1.31. The highest BCUT2D eigenvalue weighted by Crippen LogP contribution is 2.31. The molecular weight excluding hydrogens is 642 g/mol. The molecule has 50 heavy (non-hydrogen) atoms. The van der Waals surface area contributed by atoms with Crippen molar-refractivity contribution in [2.24, 2.45) is 10.5 Å². The second-order valence-corrected chi connectivity index (χ2v) is 15.2. The number of urea groups is 1. The number of pyridine rings is 1. The van der Waals surface area contributed by atoms with Crippen LogP contribution in [0, 0.1) is 5.41 Å². The van der Waals surface area contributed by atoms with Gasteiger partial charge in [-0.05, 0) is 82.9 Å². The van der Waals surface area contributed by atoms with E-state index in [0.29, 0.717) is 31.6 Å². The van der Waals surface area contributed by atoms with E-state index < -0.39 is 40.6 Å². The van der Waals surface area contributed by atoms with E-state index in [1.54, 1.807) is 58.8 Å². The first kappa shape index (κ1) is 37.8. The minimum atomic E-state index is -1.25. The molecule has 0 saturated heterocycles. The van der Waals surface area contributed by atoms with Crippen molar-refractivity contribution >= 4 is 41.3 Å². The summed E-state index contributed by atoms with van der Waals surface area (Å²) in [6, 6.07) is 7.83. The summed E-state index contributed by atoms with van der Waals surface area (Å²) in [5.74, 6) is -1.37. The zero-order chi connectivity index (χ0) is 36.9. The van der Waals surface area contributed by atoms with E-state index >= 15 is 0 Å². The second-order valence-electron chi connectivity index (χ2n) is 15.2. The molecule has 4 rings (SSSR count). The number of hydrazone groups is 1. The molecule has 0 aliphatic carbocycles. The summed E-state index contributed by atoms with van der Waals surface area (Å²) in [5.41, 5.74) is 1.99. The van der Waals surface area contributed by atoms with Gasteiger partial charge in [-0.3, -0.25) is 14.6 Å². The lowest BCUT2D eigenvalue weighted by atomic mass is 9.82. The van der Waals surface area contributed by atoms with Crippen LogP contribution in [-0.2, 0) is 36.9 Å². The van der Waals surface area contributed by atoms with Gasteiger partial charge < -0.3 is 30.3 Å². The van der Waals surface area contributed by atoms with Crippen LogP contribution in [0.3, 0.4) is 0 Å². The Kier molecular flexibility index (Phi) is 11.5. The molecule has 5 amide bonds. The number of hydrogen-bond acceptors (Lipinski definition) is 9. The van der Waals surface area contributed by atoms with Crippen molar-refractivity contribution in [3.63, 3.8) is 0 Å². The van der Waals surface area contributed by atoms with Gasteiger partial charge in [0.2, 0.25) is 11.8 Å². The average molecular weight is 692 g/mol. The van der Waals surface area contributed by atoms with E-state index in [9.17, 15) is 24.0 Å². The fraction of sp³-hybridized carbons (Fsp3) is 0.528. The molecule has 3 heterocycles. The van der Waals surface area contributed by atoms with Crippen LogP contribution < -0.4 is 16.0 Å². The molecule has 0 saturated carbocycles. The quantitative estimate of drug-likeness (QED) is 0.237. The van der Waals surface area contributed by atoms with Crippen molar-refractivity contribution in [1.29, 1.82) is 0 Å². The number of aromatic nitrogens is 1. The number of benzene rings is 1. The van der Waals surface area contributed by atoms with Gasteiger partial charge in [-0.1, -0.05) is 26.0 Å². The van der Waals surface area contributed by atoms with Crippen molar-refractivity contribution in [1.82, 2.24) is 25.5 Å². The number of carbonyl (C=O) groups is 5. The molecule has 0 spiro atoms. The number of nitrogens with zero attached hydrogens (tertiary/aromatic N) is 4. The molecule has 0 bridgehead atoms. The van der Waals surface area contributed by atoms with E-state index in [2.05, 4.69) is 26.0 Å². The SMILES string of the molecule is CC(C)(C)OC(=O)N[C@@H](CC(=O)NCCCN1N=C(c2ccc(NC(=O)N3Cc4ccncc4C3)cc2)CC(C)(C)C1=O)C(=O)OC(C)(C)C. The number of hydrogen-bond donors (Lipinski definition) is 3. The number of carbonyl (C=O) groups excluding carboxylic acids is 5. The molecular formula is C36H49N7O7. The van der Waals surface area contributed by atoms with Crippen LogP contribution in [0.5, 0.6) is 0 Å². The Morgan fingerprint density at radius 2 is 1.60 bits per heavy atom. The molecule has 14 nitrogen and oxygen atoms in total. The maximum atomic E-state index is 13.2. The molecule has 1 aromatic carbocycles. The molecule has 0 fully saturated rings. The van der Waals surface area contributed by atoms with Gasteiger partial charge in [0.15, 0.2) is 0 Å². The topological polar surface area (TPSA) is 172 Å². The fourth-order valence-corrected chi connectivity index (χ4v) is 5.42. The van der Waals surface area contributed by atoms with Gasteiger partial charge in [0.25, 0.3) is 0 Å². The number of esters is 1. The van der Waals surface area contributed by atoms with Crippen LogP contribution in [0.15, 0.2) is 47.8 Å². The van der Waals surface area contributed by atoms with E-state index in [0.717, 1.165) is 22.4 Å². The third kappa shape index (κ3) is 10.7. The standard InChI is InChI=1S/C36H49N7O7/c1-34(2,3)49-30(45)27(40-33(48)50-35(4,5)6)18-29(44)38-15-9-17-43-31(46)36(7,8)19-28(41-43)23-10-12-26(13-11-23)39-32(47)42-21-24-14-16-37-20-25(24)22-42/h10-14,16,20,27H,9,15,17-19,21-22H2,1-8H3,(H,38,44)(H,39,47)(H,40,48)/t27-/m0/s1. The van der Waals surface area contributed by atoms with Crippen molar-refractivity contribution in [3.8, 4) is 0 Å². The first-order chi connectivity index (χ1) is 23.3. The lowest BCUT2D eigenvalue weighted by Gasteiger charge is -2.34. The lowest BCUT2D eigenvalue weighted by Crippen LogP contribution is -2.48. The summed E-state index contributed by atoms with van der Waals surface area (Å²) in [6.07, 6.45) is 3.13. The molecule has 0 radical (unpaired) electrons. The maximum absolute atomic E-state index is 13.2. The van der Waals surface area contributed by atoms with Gasteiger partial charge in [0.1, 0.15) is 17.2 Å². The zero-order valence-corrected chi connectivity index (χ0v) is 30.2. The summed E-state index contributed by atoms with van der Waals surface area (Å²) in [4.78, 5) is 69.9. The number of fused-ring (bicyclic) bond motifs is 1. The summed E-state index contributed by atoms with van der Waals surface area (Å²) in [5, 5.41) is 14.2.